The molecule has 2 aliphatic rings. The molecule has 10 heteroatoms. The Hall–Kier alpha value is -2.69. The largest absolute Gasteiger partial charge is 0.494 e. The van der Waals surface area contributed by atoms with Crippen molar-refractivity contribution in [3.63, 3.8) is 0 Å². The summed E-state index contributed by atoms with van der Waals surface area (Å²) in [5.41, 5.74) is 6.85. The molecule has 0 bridgehead atoms. The summed E-state index contributed by atoms with van der Waals surface area (Å²) in [6.07, 6.45) is 1.09. The maximum atomic E-state index is 12.1. The summed E-state index contributed by atoms with van der Waals surface area (Å²) in [5.74, 6) is 0.0293. The lowest BCUT2D eigenvalue weighted by Gasteiger charge is -2.19. The van der Waals surface area contributed by atoms with Crippen molar-refractivity contribution in [2.24, 2.45) is 0 Å². The number of nitrogens with two attached hydrogens (primary N) is 1. The number of ether oxygens (including phenoxy) is 1. The number of imidazole rings is 1. The van der Waals surface area contributed by atoms with Gasteiger partial charge >= 0.3 is 7.12 Å². The number of aromatic amines is 1. The van der Waals surface area contributed by atoms with Gasteiger partial charge in [0.05, 0.1) is 18.5 Å². The lowest BCUT2D eigenvalue weighted by Crippen LogP contribution is -2.35. The minimum absolute atomic E-state index is 0.0293. The van der Waals surface area contributed by atoms with Crippen molar-refractivity contribution < 1.29 is 14.0 Å². The average Bonchev–Trinajstić information content (AvgIpc) is 3.35. The molecule has 1 aromatic carbocycles. The molecule has 2 aromatic heterocycles. The minimum Gasteiger partial charge on any atom is -0.399 e. The Bertz CT molecular complexity index is 1040. The van der Waals surface area contributed by atoms with E-state index in [4.69, 9.17) is 19.8 Å². The second-order valence-electron chi connectivity index (χ2n) is 6.69. The standard InChI is InChI=1S/C17H18BN5O4/c1-2-10-12-13(27-18(26-12)9-6-4-3-5-7-9)16(25-10)23-8-20-11-14(23)21-17(19)22-15(11)24/h3-8,10,12-13,16H,2H2,1H3,(H3,19,21,22,24)/t10-,12-,13-,16-/m1/s1. The van der Waals surface area contributed by atoms with E-state index in [9.17, 15) is 4.79 Å². The zero-order valence-corrected chi connectivity index (χ0v) is 14.6. The van der Waals surface area contributed by atoms with Gasteiger partial charge in [0, 0.05) is 0 Å². The van der Waals surface area contributed by atoms with E-state index >= 15 is 0 Å². The van der Waals surface area contributed by atoms with Crippen molar-refractivity contribution in [2.75, 3.05) is 5.73 Å². The van der Waals surface area contributed by atoms with E-state index in [1.54, 1.807) is 4.57 Å². The van der Waals surface area contributed by atoms with Gasteiger partial charge in [-0.3, -0.25) is 14.3 Å². The van der Waals surface area contributed by atoms with Gasteiger partial charge in [-0.05, 0) is 11.9 Å². The Morgan fingerprint density at radius 3 is 2.81 bits per heavy atom. The number of anilines is 1. The number of fused-ring (bicyclic) bond motifs is 2. The first-order valence-electron chi connectivity index (χ1n) is 8.89. The molecule has 0 unspecified atom stereocenters. The average molecular weight is 367 g/mol. The van der Waals surface area contributed by atoms with Crippen molar-refractivity contribution in [1.29, 1.82) is 0 Å². The maximum absolute atomic E-state index is 12.1. The summed E-state index contributed by atoms with van der Waals surface area (Å²) in [5, 5.41) is 0. The lowest BCUT2D eigenvalue weighted by atomic mass is 9.79. The van der Waals surface area contributed by atoms with Crippen LogP contribution >= 0.6 is 0 Å². The summed E-state index contributed by atoms with van der Waals surface area (Å²) >= 11 is 0. The van der Waals surface area contributed by atoms with Crippen LogP contribution in [0.25, 0.3) is 11.2 Å². The van der Waals surface area contributed by atoms with Crippen molar-refractivity contribution in [3.05, 3.63) is 47.0 Å². The molecule has 3 aromatic rings. The highest BCUT2D eigenvalue weighted by Crippen LogP contribution is 2.40. The number of hydrogen-bond donors (Lipinski definition) is 2. The highest BCUT2D eigenvalue weighted by Gasteiger charge is 2.54. The topological polar surface area (TPSA) is 117 Å². The molecule has 2 saturated heterocycles. The van der Waals surface area contributed by atoms with Crippen molar-refractivity contribution in [1.82, 2.24) is 19.5 Å². The second-order valence-corrected chi connectivity index (χ2v) is 6.69. The van der Waals surface area contributed by atoms with Crippen LogP contribution < -0.4 is 16.8 Å². The van der Waals surface area contributed by atoms with E-state index in [1.807, 2.05) is 37.3 Å². The van der Waals surface area contributed by atoms with Crippen LogP contribution in [0, 0.1) is 0 Å². The SMILES string of the molecule is CC[C@H]1O[C@@H](n2cnc3c(=O)[nH]c(N)nc32)[C@@H]2OB(c3ccccc3)O[C@@H]21. The fourth-order valence-corrected chi connectivity index (χ4v) is 3.78. The molecule has 0 saturated carbocycles. The van der Waals surface area contributed by atoms with E-state index in [2.05, 4.69) is 15.0 Å². The molecule has 5 rings (SSSR count). The molecule has 2 fully saturated rings. The lowest BCUT2D eigenvalue weighted by molar-refractivity contribution is -0.0394. The fourth-order valence-electron chi connectivity index (χ4n) is 3.78. The Balaban J connectivity index is 1.53. The molecule has 4 heterocycles. The highest BCUT2D eigenvalue weighted by molar-refractivity contribution is 6.61. The number of nitrogens with zero attached hydrogens (tertiary/aromatic N) is 3. The number of nitrogen functional groups attached to an aromatic ring is 1. The van der Waals surface area contributed by atoms with Gasteiger partial charge in [0.1, 0.15) is 6.10 Å². The summed E-state index contributed by atoms with van der Waals surface area (Å²) in [7, 11) is -0.460. The zero-order chi connectivity index (χ0) is 18.5. The number of nitrogens with one attached hydrogen (secondary N) is 1. The highest BCUT2D eigenvalue weighted by atomic mass is 16.7. The van der Waals surface area contributed by atoms with Crippen LogP contribution in [0.2, 0.25) is 0 Å². The maximum Gasteiger partial charge on any atom is 0.494 e. The molecule has 27 heavy (non-hydrogen) atoms. The van der Waals surface area contributed by atoms with Crippen LogP contribution in [-0.2, 0) is 14.0 Å². The smallest absolute Gasteiger partial charge is 0.399 e. The van der Waals surface area contributed by atoms with Crippen LogP contribution in [0.1, 0.15) is 19.6 Å². The summed E-state index contributed by atoms with van der Waals surface area (Å²) < 4.78 is 20.3. The molecular weight excluding hydrogens is 349 g/mol. The number of hydrogen-bond acceptors (Lipinski definition) is 7. The Morgan fingerprint density at radius 2 is 2.04 bits per heavy atom. The number of aromatic nitrogens is 4. The van der Waals surface area contributed by atoms with Gasteiger partial charge in [0.2, 0.25) is 5.95 Å². The molecular formula is C17H18BN5O4. The van der Waals surface area contributed by atoms with E-state index in [1.165, 1.54) is 6.33 Å². The Labute approximate surface area is 154 Å². The van der Waals surface area contributed by atoms with Gasteiger partial charge in [0.15, 0.2) is 17.4 Å². The first-order valence-corrected chi connectivity index (χ1v) is 8.89. The van der Waals surface area contributed by atoms with Crippen LogP contribution in [0.4, 0.5) is 5.95 Å². The predicted octanol–water partition coefficient (Wildman–Crippen LogP) is 0.189. The van der Waals surface area contributed by atoms with Gasteiger partial charge in [-0.2, -0.15) is 4.98 Å². The number of rotatable bonds is 3. The molecule has 9 nitrogen and oxygen atoms in total. The summed E-state index contributed by atoms with van der Waals surface area (Å²) in [6, 6.07) is 9.78. The normalized spacial score (nSPS) is 27.4. The Morgan fingerprint density at radius 1 is 1.26 bits per heavy atom. The van der Waals surface area contributed by atoms with E-state index in [-0.39, 0.29) is 35.3 Å². The monoisotopic (exact) mass is 367 g/mol. The number of H-pyrrole nitrogens is 1. The third-order valence-electron chi connectivity index (χ3n) is 5.05. The van der Waals surface area contributed by atoms with Crippen molar-refractivity contribution in [3.8, 4) is 0 Å². The molecule has 0 amide bonds. The first kappa shape index (κ1) is 16.5. The Kier molecular flexibility index (Phi) is 3.78. The summed E-state index contributed by atoms with van der Waals surface area (Å²) in [4.78, 5) is 22.9. The van der Waals surface area contributed by atoms with E-state index in [0.29, 0.717) is 5.65 Å². The minimum atomic E-state index is -0.507. The molecule has 2 aliphatic heterocycles. The first-order chi connectivity index (χ1) is 13.2. The van der Waals surface area contributed by atoms with Crippen molar-refractivity contribution >= 4 is 29.7 Å². The molecule has 0 radical (unpaired) electrons. The van der Waals surface area contributed by atoms with Crippen LogP contribution in [0.3, 0.4) is 0 Å². The van der Waals surface area contributed by atoms with Gasteiger partial charge in [0.25, 0.3) is 5.56 Å². The van der Waals surface area contributed by atoms with Crippen LogP contribution in [0.5, 0.6) is 0 Å². The van der Waals surface area contributed by atoms with Crippen LogP contribution in [-0.4, -0.2) is 44.9 Å². The quantitative estimate of drug-likeness (QED) is 0.635. The third-order valence-corrected chi connectivity index (χ3v) is 5.05. The zero-order valence-electron chi connectivity index (χ0n) is 14.6. The second kappa shape index (κ2) is 6.19. The molecule has 138 valence electrons. The molecule has 3 N–H and O–H groups in total. The van der Waals surface area contributed by atoms with Gasteiger partial charge in [-0.25, -0.2) is 4.98 Å². The molecule has 0 aliphatic carbocycles. The summed E-state index contributed by atoms with van der Waals surface area (Å²) in [6.45, 7) is 2.04. The predicted molar refractivity (Wildman–Crippen MR) is 98.3 cm³/mol. The third kappa shape index (κ3) is 2.56. The van der Waals surface area contributed by atoms with Crippen molar-refractivity contribution in [2.45, 2.75) is 37.9 Å². The van der Waals surface area contributed by atoms with Crippen LogP contribution in [0.15, 0.2) is 41.5 Å². The number of benzene rings is 1. The van der Waals surface area contributed by atoms with Gasteiger partial charge < -0.3 is 19.8 Å². The van der Waals surface area contributed by atoms with Gasteiger partial charge in [-0.15, -0.1) is 0 Å². The molecule has 0 spiro atoms. The molecule has 4 atom stereocenters. The fraction of sp³-hybridized carbons (Fsp3) is 0.353. The van der Waals surface area contributed by atoms with E-state index < -0.39 is 13.3 Å². The van der Waals surface area contributed by atoms with Gasteiger partial charge in [-0.1, -0.05) is 37.3 Å². The van der Waals surface area contributed by atoms with E-state index in [0.717, 1.165) is 11.9 Å².